The number of nitrogen functional groups attached to an aromatic ring is 1. The number of nitrogens with one attached hydrogen (secondary N) is 1. The van der Waals surface area contributed by atoms with Gasteiger partial charge in [0.15, 0.2) is 0 Å². The summed E-state index contributed by atoms with van der Waals surface area (Å²) in [6.45, 7) is 1.38. The van der Waals surface area contributed by atoms with Gasteiger partial charge in [0.25, 0.3) is 0 Å². The molecule has 1 fully saturated rings. The molecule has 6 nitrogen and oxygen atoms in total. The third-order valence-electron chi connectivity index (χ3n) is 2.55. The van der Waals surface area contributed by atoms with Gasteiger partial charge < -0.3 is 10.5 Å². The number of nitrogens with zero attached hydrogens (tertiary/aromatic N) is 1. The van der Waals surface area contributed by atoms with Crippen molar-refractivity contribution in [1.29, 1.82) is 0 Å². The van der Waals surface area contributed by atoms with Crippen molar-refractivity contribution in [3.8, 4) is 5.75 Å². The lowest BCUT2D eigenvalue weighted by Gasteiger charge is -2.24. The number of hydrogen-bond donors (Lipinski definition) is 2. The van der Waals surface area contributed by atoms with E-state index in [4.69, 9.17) is 10.5 Å². The Kier molecular flexibility index (Phi) is 3.78. The predicted molar refractivity (Wildman–Crippen MR) is 65.9 cm³/mol. The van der Waals surface area contributed by atoms with Crippen LogP contribution < -0.4 is 15.8 Å². The minimum atomic E-state index is -0.268. The predicted octanol–water partition coefficient (Wildman–Crippen LogP) is -0.394. The first-order valence-electron chi connectivity index (χ1n) is 5.67. The Hall–Kier alpha value is -2.08. The molecule has 1 heterocycles. The maximum Gasteiger partial charge on any atom is 0.240 e. The first kappa shape index (κ1) is 12.4. The molecule has 3 N–H and O–H groups in total. The number of carbonyl (C=O) groups is 2. The van der Waals surface area contributed by atoms with Gasteiger partial charge in [-0.15, -0.1) is 0 Å². The van der Waals surface area contributed by atoms with E-state index in [0.29, 0.717) is 24.6 Å². The average molecular weight is 249 g/mol. The second-order valence-electron chi connectivity index (χ2n) is 4.10. The molecule has 0 unspecified atom stereocenters. The number of amides is 2. The second-order valence-corrected chi connectivity index (χ2v) is 4.10. The standard InChI is InChI=1S/C12H15N3O3/c13-9-2-1-3-10(6-9)18-5-4-15-7-11(16)14-12(17)8-15/h1-3,6H,4-5,7-8,13H2,(H,14,16,17). The molecule has 6 heteroatoms. The van der Waals surface area contributed by atoms with Gasteiger partial charge in [-0.25, -0.2) is 0 Å². The van der Waals surface area contributed by atoms with Crippen LogP contribution in [0.2, 0.25) is 0 Å². The van der Waals surface area contributed by atoms with Crippen molar-refractivity contribution >= 4 is 17.5 Å². The highest BCUT2D eigenvalue weighted by atomic mass is 16.5. The first-order chi connectivity index (χ1) is 8.63. The van der Waals surface area contributed by atoms with Gasteiger partial charge in [0.05, 0.1) is 13.1 Å². The zero-order valence-electron chi connectivity index (χ0n) is 9.89. The van der Waals surface area contributed by atoms with Crippen molar-refractivity contribution in [2.24, 2.45) is 0 Å². The van der Waals surface area contributed by atoms with Gasteiger partial charge in [0, 0.05) is 18.3 Å². The van der Waals surface area contributed by atoms with Crippen molar-refractivity contribution in [2.45, 2.75) is 0 Å². The number of ether oxygens (including phenoxy) is 1. The lowest BCUT2D eigenvalue weighted by atomic mass is 10.3. The molecule has 0 radical (unpaired) electrons. The van der Waals surface area contributed by atoms with Gasteiger partial charge >= 0.3 is 0 Å². The summed E-state index contributed by atoms with van der Waals surface area (Å²) in [7, 11) is 0. The van der Waals surface area contributed by atoms with Crippen molar-refractivity contribution in [2.75, 3.05) is 32.0 Å². The molecule has 96 valence electrons. The SMILES string of the molecule is Nc1cccc(OCCN2CC(=O)NC(=O)C2)c1. The van der Waals surface area contributed by atoms with Crippen molar-refractivity contribution in [3.05, 3.63) is 24.3 Å². The minimum Gasteiger partial charge on any atom is -0.492 e. The molecule has 1 aliphatic rings. The molecule has 0 aromatic heterocycles. The highest BCUT2D eigenvalue weighted by Gasteiger charge is 2.21. The van der Waals surface area contributed by atoms with E-state index >= 15 is 0 Å². The summed E-state index contributed by atoms with van der Waals surface area (Å²) in [4.78, 5) is 24.0. The largest absolute Gasteiger partial charge is 0.492 e. The summed E-state index contributed by atoms with van der Waals surface area (Å²) in [6, 6.07) is 7.13. The van der Waals surface area contributed by atoms with E-state index in [9.17, 15) is 9.59 Å². The Morgan fingerprint density at radius 1 is 1.28 bits per heavy atom. The molecule has 1 aromatic rings. The van der Waals surface area contributed by atoms with E-state index in [1.807, 2.05) is 12.1 Å². The molecule has 18 heavy (non-hydrogen) atoms. The lowest BCUT2D eigenvalue weighted by molar-refractivity contribution is -0.136. The van der Waals surface area contributed by atoms with E-state index in [1.54, 1.807) is 17.0 Å². The van der Waals surface area contributed by atoms with E-state index in [0.717, 1.165) is 0 Å². The number of rotatable bonds is 4. The molecule has 0 atom stereocenters. The molecular formula is C12H15N3O3. The van der Waals surface area contributed by atoms with Crippen LogP contribution in [-0.2, 0) is 9.59 Å². The second kappa shape index (κ2) is 5.50. The first-order valence-corrected chi connectivity index (χ1v) is 5.67. The lowest BCUT2D eigenvalue weighted by Crippen LogP contribution is -2.52. The van der Waals surface area contributed by atoms with Gasteiger partial charge in [0.1, 0.15) is 12.4 Å². The Bertz CT molecular complexity index is 446. The van der Waals surface area contributed by atoms with Crippen LogP contribution in [0.4, 0.5) is 5.69 Å². The van der Waals surface area contributed by atoms with E-state index < -0.39 is 0 Å². The normalized spacial score (nSPS) is 16.4. The summed E-state index contributed by atoms with van der Waals surface area (Å²) in [6.07, 6.45) is 0. The number of anilines is 1. The van der Waals surface area contributed by atoms with Crippen LogP contribution in [0.5, 0.6) is 5.75 Å². The maximum atomic E-state index is 11.1. The van der Waals surface area contributed by atoms with Gasteiger partial charge in [-0.3, -0.25) is 19.8 Å². The molecule has 0 aliphatic carbocycles. The monoisotopic (exact) mass is 249 g/mol. The minimum absolute atomic E-state index is 0.228. The number of nitrogens with two attached hydrogens (primary N) is 1. The molecule has 0 spiro atoms. The molecular weight excluding hydrogens is 234 g/mol. The number of benzene rings is 1. The number of hydrogen-bond acceptors (Lipinski definition) is 5. The van der Waals surface area contributed by atoms with Crippen LogP contribution in [-0.4, -0.2) is 43.0 Å². The average Bonchev–Trinajstić information content (AvgIpc) is 2.27. The van der Waals surface area contributed by atoms with Gasteiger partial charge in [0.2, 0.25) is 11.8 Å². The molecule has 2 amide bonds. The third kappa shape index (κ3) is 3.46. The van der Waals surface area contributed by atoms with E-state index in [-0.39, 0.29) is 24.9 Å². The fraction of sp³-hybridized carbons (Fsp3) is 0.333. The van der Waals surface area contributed by atoms with Crippen LogP contribution in [0.3, 0.4) is 0 Å². The van der Waals surface area contributed by atoms with Crippen LogP contribution in [0.1, 0.15) is 0 Å². The molecule has 0 bridgehead atoms. The van der Waals surface area contributed by atoms with Gasteiger partial charge in [-0.1, -0.05) is 6.07 Å². The Morgan fingerprint density at radius 2 is 2.00 bits per heavy atom. The van der Waals surface area contributed by atoms with Crippen molar-refractivity contribution in [1.82, 2.24) is 10.2 Å². The van der Waals surface area contributed by atoms with Crippen LogP contribution in [0.15, 0.2) is 24.3 Å². The summed E-state index contributed by atoms with van der Waals surface area (Å²) in [5.74, 6) is 0.146. The topological polar surface area (TPSA) is 84.7 Å². The zero-order chi connectivity index (χ0) is 13.0. The maximum absolute atomic E-state index is 11.1. The fourth-order valence-electron chi connectivity index (χ4n) is 1.75. The van der Waals surface area contributed by atoms with Gasteiger partial charge in [-0.2, -0.15) is 0 Å². The number of carbonyl (C=O) groups excluding carboxylic acids is 2. The van der Waals surface area contributed by atoms with Crippen LogP contribution in [0.25, 0.3) is 0 Å². The Labute approximate surface area is 105 Å². The van der Waals surface area contributed by atoms with E-state index in [1.165, 1.54) is 0 Å². The van der Waals surface area contributed by atoms with Crippen LogP contribution >= 0.6 is 0 Å². The Balaban J connectivity index is 1.78. The zero-order valence-corrected chi connectivity index (χ0v) is 9.89. The molecule has 1 aliphatic heterocycles. The molecule has 0 saturated carbocycles. The highest BCUT2D eigenvalue weighted by molar-refractivity contribution is 5.99. The molecule has 1 aromatic carbocycles. The quantitative estimate of drug-likeness (QED) is 0.560. The molecule has 2 rings (SSSR count). The summed E-state index contributed by atoms with van der Waals surface area (Å²) < 4.78 is 5.50. The van der Waals surface area contributed by atoms with Crippen molar-refractivity contribution < 1.29 is 14.3 Å². The smallest absolute Gasteiger partial charge is 0.240 e. The highest BCUT2D eigenvalue weighted by Crippen LogP contribution is 2.14. The third-order valence-corrected chi connectivity index (χ3v) is 2.55. The fourth-order valence-corrected chi connectivity index (χ4v) is 1.75. The molecule has 1 saturated heterocycles. The van der Waals surface area contributed by atoms with Gasteiger partial charge in [-0.05, 0) is 12.1 Å². The number of imide groups is 1. The Morgan fingerprint density at radius 3 is 2.67 bits per heavy atom. The van der Waals surface area contributed by atoms with Crippen molar-refractivity contribution in [3.63, 3.8) is 0 Å². The summed E-state index contributed by atoms with van der Waals surface area (Å²) in [5, 5.41) is 2.25. The number of piperazine rings is 1. The summed E-state index contributed by atoms with van der Waals surface area (Å²) in [5.41, 5.74) is 6.26. The van der Waals surface area contributed by atoms with E-state index in [2.05, 4.69) is 5.32 Å². The van der Waals surface area contributed by atoms with Crippen LogP contribution in [0, 0.1) is 0 Å². The summed E-state index contributed by atoms with van der Waals surface area (Å²) >= 11 is 0.